The maximum atomic E-state index is 13.5. The standard InChI is InChI=1S/C29H32F7N3O2/c1-18(40)38-17-27(26(41)37-16-19-12-22(28(31,32)33)14-23(13-19)29(34,35)36)9-6-25(15-27)39-10-7-21(8-11-39)20-2-4-24(30)5-3-20/h2-5,12-14,21,25H,6-11,15-17H2,1H3,(H,37,41)(H,38,40). The number of nitrogens with one attached hydrogen (secondary N) is 2. The van der Waals surface area contributed by atoms with Gasteiger partial charge in [0.25, 0.3) is 0 Å². The van der Waals surface area contributed by atoms with Gasteiger partial charge in [-0.1, -0.05) is 12.1 Å². The van der Waals surface area contributed by atoms with E-state index in [0.29, 0.717) is 31.4 Å². The van der Waals surface area contributed by atoms with Crippen molar-refractivity contribution in [3.05, 3.63) is 70.5 Å². The number of alkyl halides is 6. The Kier molecular flexibility index (Phi) is 9.01. The molecule has 2 atom stereocenters. The highest BCUT2D eigenvalue weighted by atomic mass is 19.4. The second-order valence-electron chi connectivity index (χ2n) is 11.0. The number of benzene rings is 2. The van der Waals surface area contributed by atoms with Crippen LogP contribution in [-0.4, -0.2) is 42.4 Å². The highest BCUT2D eigenvalue weighted by Gasteiger charge is 2.47. The largest absolute Gasteiger partial charge is 0.416 e. The molecule has 1 aliphatic heterocycles. The summed E-state index contributed by atoms with van der Waals surface area (Å²) in [7, 11) is 0. The zero-order chi connectivity index (χ0) is 30.0. The first-order chi connectivity index (χ1) is 19.2. The predicted octanol–water partition coefficient (Wildman–Crippen LogP) is 6.03. The number of halogens is 7. The maximum Gasteiger partial charge on any atom is 0.416 e. The molecule has 0 bridgehead atoms. The molecule has 12 heteroatoms. The summed E-state index contributed by atoms with van der Waals surface area (Å²) >= 11 is 0. The lowest BCUT2D eigenvalue weighted by atomic mass is 9.83. The monoisotopic (exact) mass is 587 g/mol. The molecule has 2 aromatic carbocycles. The van der Waals surface area contributed by atoms with Crippen LogP contribution in [0.2, 0.25) is 0 Å². The van der Waals surface area contributed by atoms with Gasteiger partial charge in [0.2, 0.25) is 11.8 Å². The molecule has 1 saturated carbocycles. The molecule has 41 heavy (non-hydrogen) atoms. The van der Waals surface area contributed by atoms with E-state index in [4.69, 9.17) is 0 Å². The zero-order valence-electron chi connectivity index (χ0n) is 22.5. The average molecular weight is 588 g/mol. The van der Waals surface area contributed by atoms with E-state index in [1.165, 1.54) is 19.1 Å². The summed E-state index contributed by atoms with van der Waals surface area (Å²) in [5.74, 6) is -0.885. The number of hydrogen-bond acceptors (Lipinski definition) is 3. The Bertz CT molecular complexity index is 1210. The lowest BCUT2D eigenvalue weighted by Crippen LogP contribution is -2.48. The number of likely N-dealkylation sites (tertiary alicyclic amines) is 1. The third kappa shape index (κ3) is 7.58. The molecule has 4 rings (SSSR count). The van der Waals surface area contributed by atoms with Crippen LogP contribution in [0.25, 0.3) is 0 Å². The quantitative estimate of drug-likeness (QED) is 0.389. The summed E-state index contributed by atoms with van der Waals surface area (Å²) in [5, 5.41) is 5.22. The zero-order valence-corrected chi connectivity index (χ0v) is 22.5. The summed E-state index contributed by atoms with van der Waals surface area (Å²) in [6.07, 6.45) is -6.84. The highest BCUT2D eigenvalue weighted by molar-refractivity contribution is 5.84. The van der Waals surface area contributed by atoms with E-state index in [1.54, 1.807) is 12.1 Å². The Morgan fingerprint density at radius 2 is 1.49 bits per heavy atom. The Labute approximate surface area is 233 Å². The molecule has 2 unspecified atom stereocenters. The van der Waals surface area contributed by atoms with Crippen molar-refractivity contribution in [1.29, 1.82) is 0 Å². The molecule has 0 radical (unpaired) electrons. The molecular formula is C29H32F7N3O2. The molecule has 1 heterocycles. The fraction of sp³-hybridized carbons (Fsp3) is 0.517. The fourth-order valence-corrected chi connectivity index (χ4v) is 5.97. The van der Waals surface area contributed by atoms with Crippen LogP contribution in [0.3, 0.4) is 0 Å². The van der Waals surface area contributed by atoms with Gasteiger partial charge in [-0.3, -0.25) is 9.59 Å². The smallest absolute Gasteiger partial charge is 0.355 e. The highest BCUT2D eigenvalue weighted by Crippen LogP contribution is 2.42. The van der Waals surface area contributed by atoms with Crippen molar-refractivity contribution in [3.63, 3.8) is 0 Å². The van der Waals surface area contributed by atoms with E-state index in [1.807, 2.05) is 0 Å². The van der Waals surface area contributed by atoms with E-state index in [-0.39, 0.29) is 41.9 Å². The van der Waals surface area contributed by atoms with Crippen molar-refractivity contribution in [1.82, 2.24) is 15.5 Å². The maximum absolute atomic E-state index is 13.5. The molecule has 2 aromatic rings. The van der Waals surface area contributed by atoms with Gasteiger partial charge >= 0.3 is 12.4 Å². The van der Waals surface area contributed by atoms with E-state index in [0.717, 1.165) is 31.5 Å². The molecule has 0 aromatic heterocycles. The predicted molar refractivity (Wildman–Crippen MR) is 137 cm³/mol. The number of carbonyl (C=O) groups excluding carboxylic acids is 2. The van der Waals surface area contributed by atoms with Gasteiger partial charge < -0.3 is 15.5 Å². The third-order valence-electron chi connectivity index (χ3n) is 8.23. The summed E-state index contributed by atoms with van der Waals surface area (Å²) in [4.78, 5) is 27.4. The SMILES string of the molecule is CC(=O)NCC1(C(=O)NCc2cc(C(F)(F)F)cc(C(F)(F)F)c2)CCC(N2CCC(c3ccc(F)cc3)CC2)C1. The number of rotatable bonds is 7. The Hall–Kier alpha value is -3.15. The van der Waals surface area contributed by atoms with Crippen LogP contribution in [0.4, 0.5) is 30.7 Å². The lowest BCUT2D eigenvalue weighted by molar-refractivity contribution is -0.143. The number of carbonyl (C=O) groups is 2. The normalized spacial score (nSPS) is 22.5. The number of piperidine rings is 1. The van der Waals surface area contributed by atoms with Crippen LogP contribution in [0.15, 0.2) is 42.5 Å². The van der Waals surface area contributed by atoms with Crippen LogP contribution in [0.1, 0.15) is 67.2 Å². The van der Waals surface area contributed by atoms with E-state index in [9.17, 15) is 40.3 Å². The molecule has 2 N–H and O–H groups in total. The van der Waals surface area contributed by atoms with Crippen LogP contribution in [0, 0.1) is 11.2 Å². The topological polar surface area (TPSA) is 61.4 Å². The molecular weight excluding hydrogens is 555 g/mol. The summed E-state index contributed by atoms with van der Waals surface area (Å²) in [5.41, 5.74) is -3.21. The van der Waals surface area contributed by atoms with Gasteiger partial charge in [0, 0.05) is 26.1 Å². The number of nitrogens with zero attached hydrogens (tertiary/aromatic N) is 1. The van der Waals surface area contributed by atoms with Gasteiger partial charge in [-0.05, 0) is 92.6 Å². The van der Waals surface area contributed by atoms with Crippen LogP contribution < -0.4 is 10.6 Å². The number of amides is 2. The summed E-state index contributed by atoms with van der Waals surface area (Å²) in [6.45, 7) is 2.30. The summed E-state index contributed by atoms with van der Waals surface area (Å²) < 4.78 is 92.9. The molecule has 1 aliphatic carbocycles. The van der Waals surface area contributed by atoms with Crippen molar-refractivity contribution in [2.24, 2.45) is 5.41 Å². The van der Waals surface area contributed by atoms with Gasteiger partial charge in [0.15, 0.2) is 0 Å². The molecule has 1 saturated heterocycles. The molecule has 2 aliphatic rings. The Morgan fingerprint density at radius 1 is 0.902 bits per heavy atom. The molecule has 224 valence electrons. The number of hydrogen-bond donors (Lipinski definition) is 2. The van der Waals surface area contributed by atoms with Gasteiger partial charge in [-0.25, -0.2) is 4.39 Å². The minimum Gasteiger partial charge on any atom is -0.355 e. The van der Waals surface area contributed by atoms with Crippen molar-refractivity contribution < 1.29 is 40.3 Å². The average Bonchev–Trinajstić information content (AvgIpc) is 3.36. The minimum atomic E-state index is -4.99. The van der Waals surface area contributed by atoms with E-state index < -0.39 is 41.3 Å². The third-order valence-corrected chi connectivity index (χ3v) is 8.23. The van der Waals surface area contributed by atoms with E-state index >= 15 is 0 Å². The van der Waals surface area contributed by atoms with Gasteiger partial charge in [-0.2, -0.15) is 26.3 Å². The van der Waals surface area contributed by atoms with Crippen LogP contribution in [0.5, 0.6) is 0 Å². The molecule has 2 amide bonds. The second-order valence-corrected chi connectivity index (χ2v) is 11.0. The van der Waals surface area contributed by atoms with Crippen molar-refractivity contribution in [2.75, 3.05) is 19.6 Å². The molecule has 5 nitrogen and oxygen atoms in total. The van der Waals surface area contributed by atoms with Gasteiger partial charge in [0.05, 0.1) is 16.5 Å². The van der Waals surface area contributed by atoms with Crippen LogP contribution in [-0.2, 0) is 28.5 Å². The van der Waals surface area contributed by atoms with Gasteiger partial charge in [-0.15, -0.1) is 0 Å². The van der Waals surface area contributed by atoms with Crippen molar-refractivity contribution in [3.8, 4) is 0 Å². The van der Waals surface area contributed by atoms with Gasteiger partial charge in [0.1, 0.15) is 5.82 Å². The first kappa shape index (κ1) is 30.8. The van der Waals surface area contributed by atoms with Crippen molar-refractivity contribution >= 4 is 11.8 Å². The second kappa shape index (κ2) is 12.0. The fourth-order valence-electron chi connectivity index (χ4n) is 5.97. The Morgan fingerprint density at radius 3 is 2.02 bits per heavy atom. The lowest BCUT2D eigenvalue weighted by Gasteiger charge is -2.37. The first-order valence-electron chi connectivity index (χ1n) is 13.5. The molecule has 2 fully saturated rings. The van der Waals surface area contributed by atoms with Crippen LogP contribution >= 0.6 is 0 Å². The minimum absolute atomic E-state index is 0.00705. The molecule has 0 spiro atoms. The van der Waals surface area contributed by atoms with Crippen molar-refractivity contribution in [2.45, 2.75) is 69.9 Å². The first-order valence-corrected chi connectivity index (χ1v) is 13.5. The van der Waals surface area contributed by atoms with E-state index in [2.05, 4.69) is 15.5 Å². The summed E-state index contributed by atoms with van der Waals surface area (Å²) in [6, 6.07) is 7.72. The Balaban J connectivity index is 1.44.